The van der Waals surface area contributed by atoms with Gasteiger partial charge in [-0.2, -0.15) is 0 Å². The van der Waals surface area contributed by atoms with E-state index in [0.717, 1.165) is 16.8 Å². The van der Waals surface area contributed by atoms with Crippen molar-refractivity contribution >= 4 is 23.3 Å². The van der Waals surface area contributed by atoms with Crippen molar-refractivity contribution in [2.75, 3.05) is 17.7 Å². The van der Waals surface area contributed by atoms with E-state index in [1.807, 2.05) is 32.9 Å². The van der Waals surface area contributed by atoms with Gasteiger partial charge < -0.3 is 10.6 Å². The van der Waals surface area contributed by atoms with Crippen LogP contribution in [0.5, 0.6) is 0 Å². The molecule has 0 radical (unpaired) electrons. The van der Waals surface area contributed by atoms with Crippen molar-refractivity contribution in [3.05, 3.63) is 28.8 Å². The predicted molar refractivity (Wildman–Crippen MR) is 68.4 cm³/mol. The van der Waals surface area contributed by atoms with Crippen molar-refractivity contribution in [1.82, 2.24) is 5.32 Å². The molecule has 0 aliphatic heterocycles. The maximum atomic E-state index is 11.5. The van der Waals surface area contributed by atoms with Gasteiger partial charge >= 0.3 is 6.03 Å². The third-order valence-corrected chi connectivity index (χ3v) is 2.48. The van der Waals surface area contributed by atoms with E-state index in [2.05, 4.69) is 10.6 Å². The van der Waals surface area contributed by atoms with E-state index in [4.69, 9.17) is 11.6 Å². The predicted octanol–water partition coefficient (Wildman–Crippen LogP) is 2.97. The maximum absolute atomic E-state index is 11.5. The molecule has 0 heterocycles. The molecule has 0 saturated heterocycles. The van der Waals surface area contributed by atoms with Crippen LogP contribution in [0.25, 0.3) is 0 Å². The van der Waals surface area contributed by atoms with Crippen LogP contribution in [0.1, 0.15) is 16.7 Å². The van der Waals surface area contributed by atoms with Crippen LogP contribution in [0.15, 0.2) is 12.1 Å². The normalized spacial score (nSPS) is 10.0. The Morgan fingerprint density at radius 1 is 1.25 bits per heavy atom. The topological polar surface area (TPSA) is 41.1 Å². The van der Waals surface area contributed by atoms with Gasteiger partial charge in [0, 0.05) is 18.1 Å². The van der Waals surface area contributed by atoms with Crippen LogP contribution < -0.4 is 10.6 Å². The first-order valence-electron chi connectivity index (χ1n) is 5.23. The minimum Gasteiger partial charge on any atom is -0.337 e. The Bertz CT molecular complexity index is 368. The molecule has 1 aromatic carbocycles. The van der Waals surface area contributed by atoms with Crippen LogP contribution in [0.4, 0.5) is 10.5 Å². The Morgan fingerprint density at radius 3 is 2.31 bits per heavy atom. The Hall–Kier alpha value is -1.22. The minimum absolute atomic E-state index is 0.212. The average Bonchev–Trinajstić information content (AvgIpc) is 2.20. The zero-order chi connectivity index (χ0) is 12.1. The van der Waals surface area contributed by atoms with E-state index < -0.39 is 0 Å². The first kappa shape index (κ1) is 12.8. The number of hydrogen-bond donors (Lipinski definition) is 2. The fourth-order valence-electron chi connectivity index (χ4n) is 1.70. The molecule has 0 atom stereocenters. The van der Waals surface area contributed by atoms with E-state index in [1.54, 1.807) is 0 Å². The number of amides is 2. The number of rotatable bonds is 3. The largest absolute Gasteiger partial charge is 0.337 e. The first-order chi connectivity index (χ1) is 7.54. The molecule has 0 bridgehead atoms. The van der Waals surface area contributed by atoms with E-state index >= 15 is 0 Å². The Labute approximate surface area is 101 Å². The van der Waals surface area contributed by atoms with Gasteiger partial charge in [0.1, 0.15) is 0 Å². The summed E-state index contributed by atoms with van der Waals surface area (Å²) in [5.41, 5.74) is 4.21. The van der Waals surface area contributed by atoms with Crippen LogP contribution in [-0.4, -0.2) is 18.5 Å². The molecule has 88 valence electrons. The van der Waals surface area contributed by atoms with Gasteiger partial charge in [-0.1, -0.05) is 17.7 Å². The summed E-state index contributed by atoms with van der Waals surface area (Å²) in [6.45, 7) is 6.48. The van der Waals surface area contributed by atoms with Gasteiger partial charge in [0.2, 0.25) is 0 Å². The molecule has 0 saturated carbocycles. The highest BCUT2D eigenvalue weighted by molar-refractivity contribution is 6.18. The monoisotopic (exact) mass is 240 g/mol. The van der Waals surface area contributed by atoms with Crippen molar-refractivity contribution in [3.8, 4) is 0 Å². The first-order valence-corrected chi connectivity index (χ1v) is 5.76. The van der Waals surface area contributed by atoms with Gasteiger partial charge in [-0.25, -0.2) is 4.79 Å². The third kappa shape index (κ3) is 3.42. The third-order valence-electron chi connectivity index (χ3n) is 2.30. The fraction of sp³-hybridized carbons (Fsp3) is 0.417. The highest BCUT2D eigenvalue weighted by Crippen LogP contribution is 2.21. The van der Waals surface area contributed by atoms with Gasteiger partial charge in [0.05, 0.1) is 0 Å². The summed E-state index contributed by atoms with van der Waals surface area (Å²) < 4.78 is 0. The number of halogens is 1. The van der Waals surface area contributed by atoms with Crippen LogP contribution in [0, 0.1) is 20.8 Å². The molecule has 16 heavy (non-hydrogen) atoms. The number of hydrogen-bond acceptors (Lipinski definition) is 1. The molecule has 1 rings (SSSR count). The van der Waals surface area contributed by atoms with Gasteiger partial charge in [0.15, 0.2) is 0 Å². The molecule has 3 nitrogen and oxygen atoms in total. The van der Waals surface area contributed by atoms with Gasteiger partial charge in [-0.05, 0) is 31.9 Å². The quantitative estimate of drug-likeness (QED) is 0.784. The molecule has 0 aliphatic carbocycles. The molecule has 2 N–H and O–H groups in total. The standard InChI is InChI=1S/C12H17ClN2O/c1-8-6-9(2)11(10(3)7-8)15-12(16)14-5-4-13/h6-7H,4-5H2,1-3H3,(H2,14,15,16). The van der Waals surface area contributed by atoms with Crippen molar-refractivity contribution in [2.45, 2.75) is 20.8 Å². The molecular formula is C12H17ClN2O. The SMILES string of the molecule is Cc1cc(C)c(NC(=O)NCCCl)c(C)c1. The number of anilines is 1. The van der Waals surface area contributed by atoms with E-state index in [9.17, 15) is 4.79 Å². The molecule has 1 aromatic rings. The second-order valence-corrected chi connectivity index (χ2v) is 4.22. The number of benzene rings is 1. The second kappa shape index (κ2) is 5.75. The Kier molecular flexibility index (Phi) is 4.62. The van der Waals surface area contributed by atoms with Crippen molar-refractivity contribution in [2.24, 2.45) is 0 Å². The second-order valence-electron chi connectivity index (χ2n) is 3.84. The van der Waals surface area contributed by atoms with Crippen molar-refractivity contribution in [1.29, 1.82) is 0 Å². The summed E-state index contributed by atoms with van der Waals surface area (Å²) >= 11 is 5.49. The lowest BCUT2D eigenvalue weighted by atomic mass is 10.1. The highest BCUT2D eigenvalue weighted by Gasteiger charge is 2.07. The summed E-state index contributed by atoms with van der Waals surface area (Å²) in [4.78, 5) is 11.5. The van der Waals surface area contributed by atoms with Crippen LogP contribution in [0.3, 0.4) is 0 Å². The zero-order valence-corrected chi connectivity index (χ0v) is 10.6. The van der Waals surface area contributed by atoms with E-state index in [1.165, 1.54) is 5.56 Å². The van der Waals surface area contributed by atoms with Crippen LogP contribution in [-0.2, 0) is 0 Å². The molecular weight excluding hydrogens is 224 g/mol. The maximum Gasteiger partial charge on any atom is 0.319 e. The number of carbonyl (C=O) groups is 1. The lowest BCUT2D eigenvalue weighted by Crippen LogP contribution is -2.30. The van der Waals surface area contributed by atoms with Crippen molar-refractivity contribution in [3.63, 3.8) is 0 Å². The number of carbonyl (C=O) groups excluding carboxylic acids is 1. The van der Waals surface area contributed by atoms with Gasteiger partial charge in [0.25, 0.3) is 0 Å². The number of alkyl halides is 1. The van der Waals surface area contributed by atoms with Gasteiger partial charge in [-0.3, -0.25) is 0 Å². The molecule has 0 fully saturated rings. The van der Waals surface area contributed by atoms with Gasteiger partial charge in [-0.15, -0.1) is 11.6 Å². The zero-order valence-electron chi connectivity index (χ0n) is 9.86. The summed E-state index contributed by atoms with van der Waals surface area (Å²) in [6, 6.07) is 3.88. The highest BCUT2D eigenvalue weighted by atomic mass is 35.5. The fourth-order valence-corrected chi connectivity index (χ4v) is 1.79. The summed E-state index contributed by atoms with van der Waals surface area (Å²) in [5.74, 6) is 0.416. The van der Waals surface area contributed by atoms with Crippen LogP contribution in [0.2, 0.25) is 0 Å². The molecule has 4 heteroatoms. The number of urea groups is 1. The number of aryl methyl sites for hydroxylation is 3. The van der Waals surface area contributed by atoms with E-state index in [0.29, 0.717) is 12.4 Å². The summed E-state index contributed by atoms with van der Waals surface area (Å²) in [5, 5.41) is 5.50. The molecule has 0 unspecified atom stereocenters. The summed E-state index contributed by atoms with van der Waals surface area (Å²) in [7, 11) is 0. The van der Waals surface area contributed by atoms with E-state index in [-0.39, 0.29) is 6.03 Å². The Balaban J connectivity index is 2.77. The number of nitrogens with one attached hydrogen (secondary N) is 2. The van der Waals surface area contributed by atoms with Crippen LogP contribution >= 0.6 is 11.6 Å². The smallest absolute Gasteiger partial charge is 0.319 e. The molecule has 2 amide bonds. The molecule has 0 spiro atoms. The Morgan fingerprint density at radius 2 is 1.81 bits per heavy atom. The molecule has 0 aromatic heterocycles. The lowest BCUT2D eigenvalue weighted by molar-refractivity contribution is 0.252. The minimum atomic E-state index is -0.212. The average molecular weight is 241 g/mol. The van der Waals surface area contributed by atoms with Crippen molar-refractivity contribution < 1.29 is 4.79 Å². The summed E-state index contributed by atoms with van der Waals surface area (Å²) in [6.07, 6.45) is 0. The lowest BCUT2D eigenvalue weighted by Gasteiger charge is -2.13. The molecule has 0 aliphatic rings.